The predicted molar refractivity (Wildman–Crippen MR) is 83.2 cm³/mol. The Morgan fingerprint density at radius 2 is 2.09 bits per heavy atom. The SMILES string of the molecule is CCC[C@@](N)(C#N)c1ccc(OC[C@@H]2COC(C)(C)O2)cc1. The zero-order valence-electron chi connectivity index (χ0n) is 13.5. The molecule has 1 aromatic carbocycles. The molecule has 1 fully saturated rings. The number of nitrogens with zero attached hydrogens (tertiary/aromatic N) is 1. The van der Waals surface area contributed by atoms with Gasteiger partial charge < -0.3 is 19.9 Å². The third kappa shape index (κ3) is 3.98. The van der Waals surface area contributed by atoms with Crippen molar-refractivity contribution >= 4 is 0 Å². The van der Waals surface area contributed by atoms with E-state index in [1.165, 1.54) is 0 Å². The van der Waals surface area contributed by atoms with Gasteiger partial charge >= 0.3 is 0 Å². The topological polar surface area (TPSA) is 77.5 Å². The summed E-state index contributed by atoms with van der Waals surface area (Å²) in [6, 6.07) is 9.58. The lowest BCUT2D eigenvalue weighted by Crippen LogP contribution is -2.34. The van der Waals surface area contributed by atoms with Gasteiger partial charge in [0.25, 0.3) is 0 Å². The molecular formula is C17H24N2O3. The van der Waals surface area contributed by atoms with Gasteiger partial charge in [0.05, 0.1) is 12.7 Å². The lowest BCUT2D eigenvalue weighted by Gasteiger charge is -2.21. The fourth-order valence-electron chi connectivity index (χ4n) is 2.54. The van der Waals surface area contributed by atoms with Crippen LogP contribution in [0.5, 0.6) is 5.75 Å². The quantitative estimate of drug-likeness (QED) is 0.874. The highest BCUT2D eigenvalue weighted by Gasteiger charge is 2.33. The number of rotatable bonds is 6. The monoisotopic (exact) mass is 304 g/mol. The highest BCUT2D eigenvalue weighted by molar-refractivity contribution is 5.35. The minimum atomic E-state index is -0.931. The van der Waals surface area contributed by atoms with Crippen LogP contribution < -0.4 is 10.5 Å². The van der Waals surface area contributed by atoms with Crippen molar-refractivity contribution in [2.45, 2.75) is 51.0 Å². The summed E-state index contributed by atoms with van der Waals surface area (Å²) in [5, 5.41) is 9.30. The summed E-state index contributed by atoms with van der Waals surface area (Å²) in [7, 11) is 0. The second-order valence-electron chi connectivity index (χ2n) is 6.12. The van der Waals surface area contributed by atoms with Crippen molar-refractivity contribution in [2.24, 2.45) is 5.73 Å². The van der Waals surface area contributed by atoms with Gasteiger partial charge in [-0.05, 0) is 38.0 Å². The number of nitriles is 1. The average Bonchev–Trinajstić information content (AvgIpc) is 2.85. The van der Waals surface area contributed by atoms with Gasteiger partial charge in [0.2, 0.25) is 0 Å². The van der Waals surface area contributed by atoms with Crippen molar-refractivity contribution < 1.29 is 14.2 Å². The van der Waals surface area contributed by atoms with Crippen LogP contribution >= 0.6 is 0 Å². The first kappa shape index (κ1) is 16.8. The minimum Gasteiger partial charge on any atom is -0.491 e. The molecule has 0 aliphatic carbocycles. The molecule has 0 aromatic heterocycles. The Balaban J connectivity index is 1.94. The van der Waals surface area contributed by atoms with Crippen LogP contribution in [0.25, 0.3) is 0 Å². The van der Waals surface area contributed by atoms with Crippen LogP contribution in [0.3, 0.4) is 0 Å². The maximum absolute atomic E-state index is 9.30. The van der Waals surface area contributed by atoms with Gasteiger partial charge in [0.15, 0.2) is 5.79 Å². The molecule has 0 saturated carbocycles. The molecule has 1 heterocycles. The molecule has 0 amide bonds. The summed E-state index contributed by atoms with van der Waals surface area (Å²) in [6.45, 7) is 6.75. The van der Waals surface area contributed by atoms with E-state index in [-0.39, 0.29) is 6.10 Å². The summed E-state index contributed by atoms with van der Waals surface area (Å²) in [4.78, 5) is 0. The Morgan fingerprint density at radius 3 is 2.59 bits per heavy atom. The maximum Gasteiger partial charge on any atom is 0.163 e. The molecule has 0 radical (unpaired) electrons. The largest absolute Gasteiger partial charge is 0.491 e. The molecule has 120 valence electrons. The lowest BCUT2D eigenvalue weighted by molar-refractivity contribution is -0.141. The van der Waals surface area contributed by atoms with Crippen molar-refractivity contribution in [2.75, 3.05) is 13.2 Å². The van der Waals surface area contributed by atoms with Gasteiger partial charge in [-0.15, -0.1) is 0 Å². The summed E-state index contributed by atoms with van der Waals surface area (Å²) >= 11 is 0. The standard InChI is InChI=1S/C17H24N2O3/c1-4-9-17(19,12-18)13-5-7-14(8-6-13)20-10-15-11-21-16(2,3)22-15/h5-8,15H,4,9-11,19H2,1-3H3/t15-,17-/m1/s1. The van der Waals surface area contributed by atoms with E-state index in [9.17, 15) is 5.26 Å². The van der Waals surface area contributed by atoms with E-state index in [0.29, 0.717) is 19.6 Å². The zero-order valence-corrected chi connectivity index (χ0v) is 13.5. The van der Waals surface area contributed by atoms with E-state index in [2.05, 4.69) is 6.07 Å². The number of benzene rings is 1. The van der Waals surface area contributed by atoms with Crippen LogP contribution in [0.4, 0.5) is 0 Å². The number of nitrogens with two attached hydrogens (primary N) is 1. The van der Waals surface area contributed by atoms with Crippen LogP contribution in [-0.4, -0.2) is 25.1 Å². The first-order chi connectivity index (χ1) is 10.4. The van der Waals surface area contributed by atoms with Crippen LogP contribution in [0.1, 0.15) is 39.2 Å². The molecule has 2 N–H and O–H groups in total. The summed E-state index contributed by atoms with van der Waals surface area (Å²) in [6.07, 6.45) is 1.42. The molecule has 5 nitrogen and oxygen atoms in total. The van der Waals surface area contributed by atoms with Crippen molar-refractivity contribution in [3.63, 3.8) is 0 Å². The Bertz CT molecular complexity index is 536. The molecule has 5 heteroatoms. The van der Waals surface area contributed by atoms with Gasteiger partial charge in [0.1, 0.15) is 24.0 Å². The second-order valence-corrected chi connectivity index (χ2v) is 6.12. The van der Waals surface area contributed by atoms with Gasteiger partial charge in [0, 0.05) is 0 Å². The lowest BCUT2D eigenvalue weighted by atomic mass is 9.88. The van der Waals surface area contributed by atoms with Gasteiger partial charge in [-0.2, -0.15) is 5.26 Å². The molecule has 22 heavy (non-hydrogen) atoms. The Morgan fingerprint density at radius 1 is 1.41 bits per heavy atom. The fraction of sp³-hybridized carbons (Fsp3) is 0.588. The highest BCUT2D eigenvalue weighted by Crippen LogP contribution is 2.26. The van der Waals surface area contributed by atoms with Crippen molar-refractivity contribution in [1.29, 1.82) is 5.26 Å². The number of hydrogen-bond donors (Lipinski definition) is 1. The molecular weight excluding hydrogens is 280 g/mol. The molecule has 1 saturated heterocycles. The first-order valence-electron chi connectivity index (χ1n) is 7.64. The highest BCUT2D eigenvalue weighted by atomic mass is 16.7. The molecule has 2 rings (SSSR count). The Labute approximate surface area is 132 Å². The molecule has 0 unspecified atom stereocenters. The van der Waals surface area contributed by atoms with E-state index in [0.717, 1.165) is 17.7 Å². The number of ether oxygens (including phenoxy) is 3. The van der Waals surface area contributed by atoms with E-state index in [1.807, 2.05) is 45.0 Å². The van der Waals surface area contributed by atoms with E-state index >= 15 is 0 Å². The van der Waals surface area contributed by atoms with Gasteiger partial charge in [-0.1, -0.05) is 25.5 Å². The smallest absolute Gasteiger partial charge is 0.163 e. The third-order valence-corrected chi connectivity index (χ3v) is 3.72. The average molecular weight is 304 g/mol. The van der Waals surface area contributed by atoms with Crippen molar-refractivity contribution in [3.05, 3.63) is 29.8 Å². The Hall–Kier alpha value is -1.61. The molecule has 0 spiro atoms. The third-order valence-electron chi connectivity index (χ3n) is 3.72. The normalized spacial score (nSPS) is 22.8. The maximum atomic E-state index is 9.30. The summed E-state index contributed by atoms with van der Waals surface area (Å²) in [5.41, 5.74) is 6.02. The number of hydrogen-bond acceptors (Lipinski definition) is 5. The van der Waals surface area contributed by atoms with Crippen LogP contribution in [0.2, 0.25) is 0 Å². The fourth-order valence-corrected chi connectivity index (χ4v) is 2.54. The van der Waals surface area contributed by atoms with E-state index in [1.54, 1.807) is 0 Å². The molecule has 1 aliphatic heterocycles. The summed E-state index contributed by atoms with van der Waals surface area (Å²) in [5.74, 6) is 0.193. The van der Waals surface area contributed by atoms with Gasteiger partial charge in [-0.25, -0.2) is 0 Å². The van der Waals surface area contributed by atoms with Crippen molar-refractivity contribution in [3.8, 4) is 11.8 Å². The van der Waals surface area contributed by atoms with E-state index < -0.39 is 11.3 Å². The van der Waals surface area contributed by atoms with Gasteiger partial charge in [-0.3, -0.25) is 0 Å². The Kier molecular flexibility index (Phi) is 5.07. The molecule has 1 aromatic rings. The van der Waals surface area contributed by atoms with Crippen molar-refractivity contribution in [1.82, 2.24) is 0 Å². The molecule has 2 atom stereocenters. The van der Waals surface area contributed by atoms with Crippen LogP contribution in [0.15, 0.2) is 24.3 Å². The predicted octanol–water partition coefficient (Wildman–Crippen LogP) is 2.69. The van der Waals surface area contributed by atoms with Crippen LogP contribution in [-0.2, 0) is 15.0 Å². The zero-order chi connectivity index (χ0) is 16.2. The summed E-state index contributed by atoms with van der Waals surface area (Å²) < 4.78 is 16.9. The minimum absolute atomic E-state index is 0.0672. The first-order valence-corrected chi connectivity index (χ1v) is 7.64. The van der Waals surface area contributed by atoms with Crippen LogP contribution in [0, 0.1) is 11.3 Å². The molecule has 1 aliphatic rings. The van der Waals surface area contributed by atoms with E-state index in [4.69, 9.17) is 19.9 Å². The second kappa shape index (κ2) is 6.66. The molecule has 0 bridgehead atoms.